The Balaban J connectivity index is 2.35. The molecule has 0 saturated carbocycles. The molecule has 0 aromatic carbocycles. The highest BCUT2D eigenvalue weighted by Crippen LogP contribution is 2.19. The molecular weight excluding hydrogens is 206 g/mol. The van der Waals surface area contributed by atoms with Gasteiger partial charge in [-0.1, -0.05) is 0 Å². The third-order valence-electron chi connectivity index (χ3n) is 3.28. The number of carbonyl (C=O) groups is 1. The first-order valence-corrected chi connectivity index (χ1v) is 5.88. The van der Waals surface area contributed by atoms with Crippen LogP contribution in [0.15, 0.2) is 0 Å². The molecule has 5 nitrogen and oxygen atoms in total. The Morgan fingerprint density at radius 3 is 2.56 bits per heavy atom. The highest BCUT2D eigenvalue weighted by Gasteiger charge is 2.25. The van der Waals surface area contributed by atoms with Gasteiger partial charge in [-0.25, -0.2) is 0 Å². The molecule has 0 aliphatic carbocycles. The van der Waals surface area contributed by atoms with Gasteiger partial charge in [0, 0.05) is 32.7 Å². The van der Waals surface area contributed by atoms with Crippen LogP contribution in [0.4, 0.5) is 0 Å². The number of piperidine rings is 1. The predicted octanol–water partition coefficient (Wildman–Crippen LogP) is -0.452. The lowest BCUT2D eigenvalue weighted by molar-refractivity contribution is -0.119. The molecule has 4 N–H and O–H groups in total. The van der Waals surface area contributed by atoms with Crippen LogP contribution in [0.25, 0.3) is 0 Å². The van der Waals surface area contributed by atoms with E-state index in [1.807, 2.05) is 0 Å². The van der Waals surface area contributed by atoms with Crippen molar-refractivity contribution in [2.24, 2.45) is 17.4 Å². The van der Waals surface area contributed by atoms with Crippen LogP contribution in [0, 0.1) is 5.92 Å². The largest absolute Gasteiger partial charge is 0.384 e. The molecule has 1 rings (SSSR count). The van der Waals surface area contributed by atoms with Crippen molar-refractivity contribution >= 4 is 5.91 Å². The van der Waals surface area contributed by atoms with Gasteiger partial charge in [0.2, 0.25) is 5.91 Å². The van der Waals surface area contributed by atoms with Crippen LogP contribution in [0.2, 0.25) is 0 Å². The Morgan fingerprint density at radius 1 is 1.50 bits per heavy atom. The van der Waals surface area contributed by atoms with Crippen molar-refractivity contribution in [1.29, 1.82) is 0 Å². The zero-order valence-corrected chi connectivity index (χ0v) is 10.0. The highest BCUT2D eigenvalue weighted by molar-refractivity contribution is 5.74. The zero-order chi connectivity index (χ0) is 12.0. The molecule has 1 atom stereocenters. The molecule has 1 aliphatic rings. The van der Waals surface area contributed by atoms with Crippen LogP contribution in [0.5, 0.6) is 0 Å². The van der Waals surface area contributed by atoms with Gasteiger partial charge < -0.3 is 16.2 Å². The van der Waals surface area contributed by atoms with Crippen LogP contribution < -0.4 is 11.5 Å². The maximum Gasteiger partial charge on any atom is 0.219 e. The van der Waals surface area contributed by atoms with Gasteiger partial charge in [0.1, 0.15) is 0 Å². The first-order chi connectivity index (χ1) is 7.67. The molecule has 1 saturated heterocycles. The fraction of sp³-hybridized carbons (Fsp3) is 0.909. The van der Waals surface area contributed by atoms with Gasteiger partial charge in [0.05, 0.1) is 0 Å². The topological polar surface area (TPSA) is 81.6 Å². The molecule has 1 amide bonds. The summed E-state index contributed by atoms with van der Waals surface area (Å²) in [5.74, 6) is 0.378. The molecular formula is C11H23N3O2. The summed E-state index contributed by atoms with van der Waals surface area (Å²) in [6.45, 7) is 3.31. The van der Waals surface area contributed by atoms with E-state index in [0.29, 0.717) is 18.9 Å². The summed E-state index contributed by atoms with van der Waals surface area (Å²) in [5.41, 5.74) is 10.9. The average molecular weight is 229 g/mol. The lowest BCUT2D eigenvalue weighted by atomic mass is 9.96. The van der Waals surface area contributed by atoms with Crippen molar-refractivity contribution in [3.8, 4) is 0 Å². The molecule has 1 fully saturated rings. The number of rotatable bonds is 6. The highest BCUT2D eigenvalue weighted by atomic mass is 16.5. The maximum atomic E-state index is 10.9. The first-order valence-electron chi connectivity index (χ1n) is 5.88. The SMILES string of the molecule is COCC1CCN(C(CN)CC(N)=O)CC1. The molecule has 0 radical (unpaired) electrons. The van der Waals surface area contributed by atoms with Crippen molar-refractivity contribution in [2.75, 3.05) is 33.4 Å². The number of ether oxygens (including phenoxy) is 1. The molecule has 16 heavy (non-hydrogen) atoms. The fourth-order valence-corrected chi connectivity index (χ4v) is 2.31. The molecule has 1 heterocycles. The van der Waals surface area contributed by atoms with E-state index < -0.39 is 0 Å². The molecule has 0 spiro atoms. The van der Waals surface area contributed by atoms with Gasteiger partial charge in [0.15, 0.2) is 0 Å². The summed E-state index contributed by atoms with van der Waals surface area (Å²) in [5, 5.41) is 0. The van der Waals surface area contributed by atoms with E-state index in [2.05, 4.69) is 4.90 Å². The van der Waals surface area contributed by atoms with Crippen molar-refractivity contribution in [3.05, 3.63) is 0 Å². The Bertz CT molecular complexity index is 215. The summed E-state index contributed by atoms with van der Waals surface area (Å²) in [6.07, 6.45) is 2.59. The van der Waals surface area contributed by atoms with Crippen LogP contribution in [-0.2, 0) is 9.53 Å². The Kier molecular flexibility index (Phi) is 5.73. The molecule has 0 bridgehead atoms. The second kappa shape index (κ2) is 6.83. The summed E-state index contributed by atoms with van der Waals surface area (Å²) in [4.78, 5) is 13.2. The van der Waals surface area contributed by atoms with Crippen molar-refractivity contribution < 1.29 is 9.53 Å². The zero-order valence-electron chi connectivity index (χ0n) is 10.0. The van der Waals surface area contributed by atoms with Gasteiger partial charge in [-0.15, -0.1) is 0 Å². The summed E-state index contributed by atoms with van der Waals surface area (Å²) in [7, 11) is 1.74. The minimum absolute atomic E-state index is 0.112. The van der Waals surface area contributed by atoms with Crippen LogP contribution in [0.3, 0.4) is 0 Å². The number of primary amides is 1. The smallest absolute Gasteiger partial charge is 0.219 e. The van der Waals surface area contributed by atoms with Gasteiger partial charge in [-0.3, -0.25) is 9.69 Å². The van der Waals surface area contributed by atoms with E-state index in [1.54, 1.807) is 7.11 Å². The maximum absolute atomic E-state index is 10.9. The van der Waals surface area contributed by atoms with Crippen molar-refractivity contribution in [1.82, 2.24) is 4.90 Å². The van der Waals surface area contributed by atoms with E-state index in [4.69, 9.17) is 16.2 Å². The quantitative estimate of drug-likeness (QED) is 0.646. The summed E-state index contributed by atoms with van der Waals surface area (Å²) in [6, 6.07) is 0.112. The Labute approximate surface area is 97.1 Å². The summed E-state index contributed by atoms with van der Waals surface area (Å²) >= 11 is 0. The fourth-order valence-electron chi connectivity index (χ4n) is 2.31. The monoisotopic (exact) mass is 229 g/mol. The predicted molar refractivity (Wildman–Crippen MR) is 62.8 cm³/mol. The van der Waals surface area contributed by atoms with Crippen LogP contribution >= 0.6 is 0 Å². The average Bonchev–Trinajstić information content (AvgIpc) is 2.27. The molecule has 0 aromatic rings. The number of nitrogens with two attached hydrogens (primary N) is 2. The molecule has 0 aromatic heterocycles. The number of hydrogen-bond acceptors (Lipinski definition) is 4. The van der Waals surface area contributed by atoms with Gasteiger partial charge >= 0.3 is 0 Å². The lowest BCUT2D eigenvalue weighted by Gasteiger charge is -2.36. The van der Waals surface area contributed by atoms with E-state index in [-0.39, 0.29) is 11.9 Å². The van der Waals surface area contributed by atoms with Crippen LogP contribution in [0.1, 0.15) is 19.3 Å². The number of methoxy groups -OCH3 is 1. The first kappa shape index (κ1) is 13.4. The molecule has 94 valence electrons. The van der Waals surface area contributed by atoms with Gasteiger partial charge in [0.25, 0.3) is 0 Å². The van der Waals surface area contributed by atoms with Gasteiger partial charge in [-0.05, 0) is 31.8 Å². The van der Waals surface area contributed by atoms with E-state index in [1.165, 1.54) is 0 Å². The minimum Gasteiger partial charge on any atom is -0.384 e. The third kappa shape index (κ3) is 4.08. The molecule has 1 unspecified atom stereocenters. The van der Waals surface area contributed by atoms with E-state index in [0.717, 1.165) is 32.5 Å². The second-order valence-corrected chi connectivity index (χ2v) is 4.49. The Morgan fingerprint density at radius 2 is 2.12 bits per heavy atom. The van der Waals surface area contributed by atoms with Gasteiger partial charge in [-0.2, -0.15) is 0 Å². The molecule has 5 heteroatoms. The number of carbonyl (C=O) groups excluding carboxylic acids is 1. The second-order valence-electron chi connectivity index (χ2n) is 4.49. The number of amides is 1. The van der Waals surface area contributed by atoms with Crippen molar-refractivity contribution in [3.63, 3.8) is 0 Å². The number of hydrogen-bond donors (Lipinski definition) is 2. The van der Waals surface area contributed by atoms with E-state index in [9.17, 15) is 4.79 Å². The molecule has 1 aliphatic heterocycles. The normalized spacial score (nSPS) is 20.9. The number of likely N-dealkylation sites (tertiary alicyclic amines) is 1. The Hall–Kier alpha value is -0.650. The van der Waals surface area contributed by atoms with Crippen LogP contribution in [-0.4, -0.2) is 50.2 Å². The summed E-state index contributed by atoms with van der Waals surface area (Å²) < 4.78 is 5.15. The van der Waals surface area contributed by atoms with E-state index >= 15 is 0 Å². The number of nitrogens with zero attached hydrogens (tertiary/aromatic N) is 1. The van der Waals surface area contributed by atoms with Crippen molar-refractivity contribution in [2.45, 2.75) is 25.3 Å². The lowest BCUT2D eigenvalue weighted by Crippen LogP contribution is -2.47. The third-order valence-corrected chi connectivity index (χ3v) is 3.28. The standard InChI is InChI=1S/C11H23N3O2/c1-16-8-9-2-4-14(5-3-9)10(7-12)6-11(13)15/h9-10H,2-8,12H2,1H3,(H2,13,15). The minimum atomic E-state index is -0.269.